The maximum Gasteiger partial charge on any atom is 0.315 e. The summed E-state index contributed by atoms with van der Waals surface area (Å²) in [6.07, 6.45) is 0. The van der Waals surface area contributed by atoms with Gasteiger partial charge in [-0.15, -0.1) is 0 Å². The Labute approximate surface area is 156 Å². The van der Waals surface area contributed by atoms with E-state index in [2.05, 4.69) is 57.8 Å². The zero-order valence-corrected chi connectivity index (χ0v) is 15.4. The van der Waals surface area contributed by atoms with E-state index in [0.29, 0.717) is 19.1 Å². The predicted molar refractivity (Wildman–Crippen MR) is 105 cm³/mol. The molecule has 0 aliphatic carbocycles. The number of carbonyl (C=O) groups is 1. The third-order valence-corrected chi connectivity index (χ3v) is 4.86. The van der Waals surface area contributed by atoms with Crippen LogP contribution in [0.5, 0.6) is 0 Å². The van der Waals surface area contributed by atoms with E-state index in [1.165, 1.54) is 5.56 Å². The summed E-state index contributed by atoms with van der Waals surface area (Å²) in [5, 5.41) is 5.89. The number of carbonyl (C=O) groups excluding carboxylic acids is 1. The molecule has 0 radical (unpaired) electrons. The number of hydrogen-bond acceptors (Lipinski definition) is 3. The summed E-state index contributed by atoms with van der Waals surface area (Å²) in [6.45, 7) is 5.14. The number of rotatable bonds is 6. The van der Waals surface area contributed by atoms with Crippen LogP contribution in [0.4, 0.5) is 4.79 Å². The van der Waals surface area contributed by atoms with Crippen LogP contribution in [0.15, 0.2) is 60.7 Å². The van der Waals surface area contributed by atoms with E-state index in [9.17, 15) is 4.79 Å². The summed E-state index contributed by atoms with van der Waals surface area (Å²) in [5.74, 6) is 0. The largest absolute Gasteiger partial charge is 0.337 e. The number of benzene rings is 2. The average Bonchev–Trinajstić information content (AvgIpc) is 2.69. The molecule has 0 bridgehead atoms. The van der Waals surface area contributed by atoms with Crippen LogP contribution in [0.3, 0.4) is 0 Å². The van der Waals surface area contributed by atoms with Crippen molar-refractivity contribution in [3.8, 4) is 0 Å². The first kappa shape index (κ1) is 18.4. The van der Waals surface area contributed by atoms with Crippen LogP contribution in [0.2, 0.25) is 0 Å². The molecule has 2 N–H and O–H groups in total. The fourth-order valence-electron chi connectivity index (χ4n) is 3.37. The minimum absolute atomic E-state index is 0.112. The Balaban J connectivity index is 1.46. The fraction of sp³-hybridized carbons (Fsp3) is 0.381. The number of nitrogens with zero attached hydrogens (tertiary/aromatic N) is 2. The Kier molecular flexibility index (Phi) is 6.63. The molecule has 1 heterocycles. The van der Waals surface area contributed by atoms with E-state index in [4.69, 9.17) is 0 Å². The van der Waals surface area contributed by atoms with Crippen LogP contribution in [-0.4, -0.2) is 55.6 Å². The van der Waals surface area contributed by atoms with Gasteiger partial charge in [-0.25, -0.2) is 4.79 Å². The van der Waals surface area contributed by atoms with Crippen LogP contribution < -0.4 is 10.6 Å². The molecule has 1 atom stereocenters. The van der Waals surface area contributed by atoms with Gasteiger partial charge in [-0.3, -0.25) is 4.90 Å². The molecule has 0 aromatic heterocycles. The van der Waals surface area contributed by atoms with E-state index in [-0.39, 0.29) is 6.03 Å². The maximum atomic E-state index is 12.0. The lowest BCUT2D eigenvalue weighted by atomic mass is 10.0. The summed E-state index contributed by atoms with van der Waals surface area (Å²) in [4.78, 5) is 16.8. The third kappa shape index (κ3) is 5.31. The summed E-state index contributed by atoms with van der Waals surface area (Å²) in [7, 11) is 2.17. The molecule has 1 aliphatic rings. The lowest BCUT2D eigenvalue weighted by molar-refractivity contribution is 0.0911. The standard InChI is InChI=1S/C21H28N4O/c1-24-14-15-25(20(17-24)19-10-6-3-7-11-19)13-12-22-21(26)23-16-18-8-4-2-5-9-18/h2-11,20H,12-17H2,1H3,(H2,22,23,26)/t20-/m1/s1. The first-order valence-corrected chi connectivity index (χ1v) is 9.25. The summed E-state index contributed by atoms with van der Waals surface area (Å²) in [6, 6.07) is 20.8. The third-order valence-electron chi connectivity index (χ3n) is 4.86. The van der Waals surface area contributed by atoms with Gasteiger partial charge in [0.1, 0.15) is 0 Å². The summed E-state index contributed by atoms with van der Waals surface area (Å²) < 4.78 is 0. The van der Waals surface area contributed by atoms with Crippen molar-refractivity contribution in [2.75, 3.05) is 39.8 Å². The van der Waals surface area contributed by atoms with Gasteiger partial charge >= 0.3 is 6.03 Å². The van der Waals surface area contributed by atoms with E-state index in [0.717, 1.165) is 31.7 Å². The monoisotopic (exact) mass is 352 g/mol. The number of piperazine rings is 1. The molecule has 0 unspecified atom stereocenters. The van der Waals surface area contributed by atoms with Gasteiger partial charge in [-0.2, -0.15) is 0 Å². The molecule has 5 heteroatoms. The second-order valence-electron chi connectivity index (χ2n) is 6.82. The average molecular weight is 352 g/mol. The van der Waals surface area contributed by atoms with Crippen LogP contribution in [-0.2, 0) is 6.54 Å². The van der Waals surface area contributed by atoms with Crippen LogP contribution in [0.25, 0.3) is 0 Å². The van der Waals surface area contributed by atoms with E-state index < -0.39 is 0 Å². The minimum Gasteiger partial charge on any atom is -0.337 e. The maximum absolute atomic E-state index is 12.0. The molecule has 1 saturated heterocycles. The van der Waals surface area contributed by atoms with Gasteiger partial charge in [0.05, 0.1) is 0 Å². The number of amides is 2. The molecule has 138 valence electrons. The summed E-state index contributed by atoms with van der Waals surface area (Å²) in [5.41, 5.74) is 2.44. The van der Waals surface area contributed by atoms with Crippen LogP contribution >= 0.6 is 0 Å². The highest BCUT2D eigenvalue weighted by Crippen LogP contribution is 2.24. The first-order valence-electron chi connectivity index (χ1n) is 9.25. The molecule has 5 nitrogen and oxygen atoms in total. The van der Waals surface area contributed by atoms with Gasteiger partial charge < -0.3 is 15.5 Å². The fourth-order valence-corrected chi connectivity index (χ4v) is 3.37. The van der Waals surface area contributed by atoms with Gasteiger partial charge in [0, 0.05) is 45.3 Å². The molecule has 0 spiro atoms. The van der Waals surface area contributed by atoms with Gasteiger partial charge in [0.2, 0.25) is 0 Å². The molecule has 1 fully saturated rings. The van der Waals surface area contributed by atoms with Crippen molar-refractivity contribution in [2.24, 2.45) is 0 Å². The molecule has 3 rings (SSSR count). The number of urea groups is 1. The SMILES string of the molecule is CN1CCN(CCNC(=O)NCc2ccccc2)[C@@H](c2ccccc2)C1. The molecule has 0 saturated carbocycles. The molecule has 2 aromatic carbocycles. The molecular weight excluding hydrogens is 324 g/mol. The van der Waals surface area contributed by atoms with Crippen LogP contribution in [0, 0.1) is 0 Å². The van der Waals surface area contributed by atoms with Crippen molar-refractivity contribution in [3.05, 3.63) is 71.8 Å². The van der Waals surface area contributed by atoms with Gasteiger partial charge in [0.15, 0.2) is 0 Å². The zero-order chi connectivity index (χ0) is 18.2. The normalized spacial score (nSPS) is 18.4. The first-order chi connectivity index (χ1) is 12.7. The number of hydrogen-bond donors (Lipinski definition) is 2. The molecule has 1 aliphatic heterocycles. The van der Waals surface area contributed by atoms with E-state index >= 15 is 0 Å². The topological polar surface area (TPSA) is 47.6 Å². The molecule has 2 amide bonds. The van der Waals surface area contributed by atoms with E-state index in [1.807, 2.05) is 30.3 Å². The van der Waals surface area contributed by atoms with Gasteiger partial charge in [0.25, 0.3) is 0 Å². The van der Waals surface area contributed by atoms with Crippen molar-refractivity contribution in [2.45, 2.75) is 12.6 Å². The Morgan fingerprint density at radius 1 is 1.00 bits per heavy atom. The van der Waals surface area contributed by atoms with Gasteiger partial charge in [-0.1, -0.05) is 60.7 Å². The lowest BCUT2D eigenvalue weighted by Crippen LogP contribution is -2.49. The highest BCUT2D eigenvalue weighted by molar-refractivity contribution is 5.73. The molecule has 26 heavy (non-hydrogen) atoms. The zero-order valence-electron chi connectivity index (χ0n) is 15.4. The highest BCUT2D eigenvalue weighted by atomic mass is 16.2. The minimum atomic E-state index is -0.112. The van der Waals surface area contributed by atoms with Crippen molar-refractivity contribution < 1.29 is 4.79 Å². The second-order valence-corrected chi connectivity index (χ2v) is 6.82. The van der Waals surface area contributed by atoms with Crippen LogP contribution in [0.1, 0.15) is 17.2 Å². The molecular formula is C21H28N4O. The quantitative estimate of drug-likeness (QED) is 0.840. The van der Waals surface area contributed by atoms with Crippen molar-refractivity contribution in [1.82, 2.24) is 20.4 Å². The Morgan fingerprint density at radius 3 is 2.42 bits per heavy atom. The Hall–Kier alpha value is -2.37. The number of nitrogens with one attached hydrogen (secondary N) is 2. The van der Waals surface area contributed by atoms with Crippen molar-refractivity contribution in [1.29, 1.82) is 0 Å². The second kappa shape index (κ2) is 9.36. The summed E-state index contributed by atoms with van der Waals surface area (Å²) >= 11 is 0. The Bertz CT molecular complexity index is 677. The predicted octanol–water partition coefficient (Wildman–Crippen LogP) is 2.47. The number of likely N-dealkylation sites (N-methyl/N-ethyl adjacent to an activating group) is 1. The Morgan fingerprint density at radius 2 is 1.69 bits per heavy atom. The van der Waals surface area contributed by atoms with Crippen molar-refractivity contribution >= 4 is 6.03 Å². The lowest BCUT2D eigenvalue weighted by Gasteiger charge is -2.40. The smallest absolute Gasteiger partial charge is 0.315 e. The highest BCUT2D eigenvalue weighted by Gasteiger charge is 2.26. The van der Waals surface area contributed by atoms with E-state index in [1.54, 1.807) is 0 Å². The van der Waals surface area contributed by atoms with Gasteiger partial charge in [-0.05, 0) is 18.2 Å². The molecule has 2 aromatic rings. The van der Waals surface area contributed by atoms with Crippen molar-refractivity contribution in [3.63, 3.8) is 0 Å².